The number of rotatable bonds is 4. The number of anilines is 1. The molecular weight excluding hydrogens is 365 g/mol. The average Bonchev–Trinajstić information content (AvgIpc) is 3.08. The summed E-state index contributed by atoms with van der Waals surface area (Å²) in [5.41, 5.74) is -1.95. The number of carbonyl (C=O) groups is 2. The van der Waals surface area contributed by atoms with Gasteiger partial charge in [0, 0.05) is 18.1 Å². The van der Waals surface area contributed by atoms with Crippen LogP contribution in [0.3, 0.4) is 0 Å². The first-order valence-electron chi connectivity index (χ1n) is 7.47. The van der Waals surface area contributed by atoms with Gasteiger partial charge in [0.15, 0.2) is 5.69 Å². The van der Waals surface area contributed by atoms with Gasteiger partial charge in [-0.05, 0) is 30.3 Å². The minimum absolute atomic E-state index is 0.0567. The summed E-state index contributed by atoms with van der Waals surface area (Å²) in [6.07, 6.45) is -1.47. The van der Waals surface area contributed by atoms with Crippen LogP contribution >= 0.6 is 0 Å². The largest absolute Gasteiger partial charge is 0.478 e. The molecule has 2 heterocycles. The first-order chi connectivity index (χ1) is 12.8. The molecular formula is C17H11F3N4O3. The number of carboxylic acids is 1. The highest BCUT2D eigenvalue weighted by Gasteiger charge is 2.40. The fourth-order valence-electron chi connectivity index (χ4n) is 2.39. The van der Waals surface area contributed by atoms with Crippen molar-refractivity contribution in [1.82, 2.24) is 14.8 Å². The third-order valence-corrected chi connectivity index (χ3v) is 3.54. The van der Waals surface area contributed by atoms with E-state index in [0.717, 1.165) is 0 Å². The van der Waals surface area contributed by atoms with Crippen LogP contribution in [0.2, 0.25) is 0 Å². The summed E-state index contributed by atoms with van der Waals surface area (Å²) in [5, 5.41) is 15.1. The number of aromatic nitrogens is 3. The molecule has 27 heavy (non-hydrogen) atoms. The second kappa shape index (κ2) is 6.90. The van der Waals surface area contributed by atoms with Crippen LogP contribution in [0.5, 0.6) is 0 Å². The minimum atomic E-state index is -4.93. The van der Waals surface area contributed by atoms with Crippen molar-refractivity contribution in [3.8, 4) is 5.69 Å². The van der Waals surface area contributed by atoms with Crippen molar-refractivity contribution >= 4 is 17.6 Å². The van der Waals surface area contributed by atoms with Crippen LogP contribution in [0.4, 0.5) is 18.9 Å². The van der Waals surface area contributed by atoms with E-state index in [1.54, 1.807) is 6.07 Å². The van der Waals surface area contributed by atoms with Crippen LogP contribution in [-0.4, -0.2) is 31.7 Å². The topological polar surface area (TPSA) is 97.1 Å². The summed E-state index contributed by atoms with van der Waals surface area (Å²) in [4.78, 5) is 27.0. The van der Waals surface area contributed by atoms with Crippen LogP contribution in [0.25, 0.3) is 5.69 Å². The van der Waals surface area contributed by atoms with Gasteiger partial charge in [-0.15, -0.1) is 0 Å². The lowest BCUT2D eigenvalue weighted by Crippen LogP contribution is -2.17. The molecule has 0 aliphatic carbocycles. The zero-order chi connectivity index (χ0) is 19.6. The molecule has 1 aromatic carbocycles. The van der Waals surface area contributed by atoms with E-state index in [4.69, 9.17) is 5.11 Å². The Morgan fingerprint density at radius 2 is 1.89 bits per heavy atom. The highest BCUT2D eigenvalue weighted by molar-refractivity contribution is 6.04. The number of nitrogens with one attached hydrogen (secondary N) is 1. The molecule has 10 heteroatoms. The number of alkyl halides is 3. The van der Waals surface area contributed by atoms with Gasteiger partial charge in [-0.1, -0.05) is 6.07 Å². The molecule has 0 saturated carbocycles. The van der Waals surface area contributed by atoms with E-state index in [1.165, 1.54) is 42.7 Å². The first kappa shape index (κ1) is 18.1. The highest BCUT2D eigenvalue weighted by atomic mass is 19.4. The summed E-state index contributed by atoms with van der Waals surface area (Å²) in [6, 6.07) is 8.55. The smallest absolute Gasteiger partial charge is 0.434 e. The lowest BCUT2D eigenvalue weighted by Gasteiger charge is -2.13. The first-order valence-corrected chi connectivity index (χ1v) is 7.47. The lowest BCUT2D eigenvalue weighted by molar-refractivity contribution is -0.143. The molecule has 0 aliphatic heterocycles. The fourth-order valence-corrected chi connectivity index (χ4v) is 2.39. The minimum Gasteiger partial charge on any atom is -0.478 e. The number of amides is 1. The third-order valence-electron chi connectivity index (χ3n) is 3.54. The molecule has 1 amide bonds. The van der Waals surface area contributed by atoms with Crippen molar-refractivity contribution in [3.63, 3.8) is 0 Å². The molecule has 3 aromatic rings. The maximum Gasteiger partial charge on any atom is 0.434 e. The average molecular weight is 376 g/mol. The van der Waals surface area contributed by atoms with Gasteiger partial charge in [0.25, 0.3) is 5.91 Å². The van der Waals surface area contributed by atoms with Gasteiger partial charge < -0.3 is 10.4 Å². The zero-order valence-electron chi connectivity index (χ0n) is 13.4. The van der Waals surface area contributed by atoms with Crippen LogP contribution in [0.1, 0.15) is 26.4 Å². The predicted octanol–water partition coefficient (Wildman–Crippen LogP) is 3.24. The van der Waals surface area contributed by atoms with E-state index in [-0.39, 0.29) is 16.9 Å². The number of carboxylic acid groups (broad SMARTS) is 1. The number of carbonyl (C=O) groups excluding carboxylic acids is 1. The molecule has 0 radical (unpaired) electrons. The molecule has 2 aromatic heterocycles. The van der Waals surface area contributed by atoms with Crippen LogP contribution in [-0.2, 0) is 6.18 Å². The quantitative estimate of drug-likeness (QED) is 0.729. The van der Waals surface area contributed by atoms with Crippen molar-refractivity contribution in [2.45, 2.75) is 6.18 Å². The summed E-state index contributed by atoms with van der Waals surface area (Å²) < 4.78 is 40.4. The van der Waals surface area contributed by atoms with Crippen molar-refractivity contribution < 1.29 is 27.9 Å². The van der Waals surface area contributed by atoms with E-state index in [0.29, 0.717) is 10.9 Å². The third kappa shape index (κ3) is 3.78. The van der Waals surface area contributed by atoms with Crippen molar-refractivity contribution in [3.05, 3.63) is 71.8 Å². The number of pyridine rings is 1. The van der Waals surface area contributed by atoms with Crippen LogP contribution in [0, 0.1) is 0 Å². The number of hydrogen-bond donors (Lipinski definition) is 2. The van der Waals surface area contributed by atoms with Crippen molar-refractivity contribution in [2.75, 3.05) is 5.32 Å². The van der Waals surface area contributed by atoms with E-state index in [1.807, 2.05) is 0 Å². The SMILES string of the molecule is O=C(Nc1cccc(-n2ncc(C(=O)O)c2C(F)(F)F)c1)c1cccnc1. The Bertz CT molecular complexity index is 1000. The van der Waals surface area contributed by atoms with Gasteiger partial charge in [-0.2, -0.15) is 18.3 Å². The molecule has 0 saturated heterocycles. The lowest BCUT2D eigenvalue weighted by atomic mass is 10.2. The monoisotopic (exact) mass is 376 g/mol. The second-order valence-electron chi connectivity index (χ2n) is 5.37. The van der Waals surface area contributed by atoms with E-state index in [9.17, 15) is 22.8 Å². The van der Waals surface area contributed by atoms with Gasteiger partial charge in [-0.3, -0.25) is 9.78 Å². The molecule has 3 rings (SSSR count). The van der Waals surface area contributed by atoms with E-state index < -0.39 is 29.3 Å². The zero-order valence-corrected chi connectivity index (χ0v) is 13.4. The number of hydrogen-bond acceptors (Lipinski definition) is 4. The van der Waals surface area contributed by atoms with Gasteiger partial charge >= 0.3 is 12.1 Å². The summed E-state index contributed by atoms with van der Waals surface area (Å²) in [6.45, 7) is 0. The standard InChI is InChI=1S/C17H11F3N4O3/c18-17(19,20)14-13(16(26)27)9-22-24(14)12-5-1-4-11(7-12)23-15(25)10-3-2-6-21-8-10/h1-9H,(H,23,25)(H,26,27). The van der Waals surface area contributed by atoms with Crippen LogP contribution in [0.15, 0.2) is 55.0 Å². The van der Waals surface area contributed by atoms with Crippen molar-refractivity contribution in [1.29, 1.82) is 0 Å². The Hall–Kier alpha value is -3.69. The molecule has 138 valence electrons. The molecule has 0 bridgehead atoms. The Labute approximate surface area is 150 Å². The van der Waals surface area contributed by atoms with Gasteiger partial charge in [0.05, 0.1) is 17.4 Å². The molecule has 0 atom stereocenters. The fraction of sp³-hybridized carbons (Fsp3) is 0.0588. The van der Waals surface area contributed by atoms with Crippen molar-refractivity contribution in [2.24, 2.45) is 0 Å². The molecule has 0 spiro atoms. The highest BCUT2D eigenvalue weighted by Crippen LogP contribution is 2.34. The summed E-state index contributed by atoms with van der Waals surface area (Å²) in [7, 11) is 0. The molecule has 0 fully saturated rings. The Morgan fingerprint density at radius 3 is 2.52 bits per heavy atom. The maximum absolute atomic E-state index is 13.3. The maximum atomic E-state index is 13.3. The number of aromatic carboxylic acids is 1. The van der Waals surface area contributed by atoms with Gasteiger partial charge in [0.2, 0.25) is 0 Å². The summed E-state index contributed by atoms with van der Waals surface area (Å²) in [5.74, 6) is -2.24. The Morgan fingerprint density at radius 1 is 1.11 bits per heavy atom. The molecule has 0 aliphatic rings. The second-order valence-corrected chi connectivity index (χ2v) is 5.37. The van der Waals surface area contributed by atoms with Gasteiger partial charge in [0.1, 0.15) is 5.56 Å². The number of benzene rings is 1. The molecule has 2 N–H and O–H groups in total. The number of halogens is 3. The van der Waals surface area contributed by atoms with Gasteiger partial charge in [-0.25, -0.2) is 9.48 Å². The predicted molar refractivity (Wildman–Crippen MR) is 87.7 cm³/mol. The molecule has 0 unspecified atom stereocenters. The number of nitrogens with zero attached hydrogens (tertiary/aromatic N) is 3. The van der Waals surface area contributed by atoms with E-state index in [2.05, 4.69) is 15.4 Å². The normalized spacial score (nSPS) is 11.2. The van der Waals surface area contributed by atoms with Crippen LogP contribution < -0.4 is 5.32 Å². The Kier molecular flexibility index (Phi) is 4.63. The molecule has 7 nitrogen and oxygen atoms in total. The summed E-state index contributed by atoms with van der Waals surface area (Å²) >= 11 is 0. The Balaban J connectivity index is 1.97. The van der Waals surface area contributed by atoms with E-state index >= 15 is 0 Å².